The van der Waals surface area contributed by atoms with Gasteiger partial charge in [-0.1, -0.05) is 63.8 Å². The van der Waals surface area contributed by atoms with Crippen LogP contribution < -0.4 is 9.47 Å². The smallest absolute Gasteiger partial charge is 0.472 e. The molecule has 4 aromatic carbocycles. The van der Waals surface area contributed by atoms with Crippen LogP contribution in [-0.2, 0) is 26.5 Å². The molecule has 296 valence electrons. The first-order valence-corrected chi connectivity index (χ1v) is 21.5. The van der Waals surface area contributed by atoms with Crippen molar-refractivity contribution in [1.29, 1.82) is 0 Å². The van der Waals surface area contributed by atoms with Crippen LogP contribution >= 0.6 is 7.82 Å². The van der Waals surface area contributed by atoms with Crippen LogP contribution in [0.1, 0.15) is 102 Å². The summed E-state index contributed by atoms with van der Waals surface area (Å²) < 4.78 is 34.2. The quantitative estimate of drug-likeness (QED) is 0.0348. The van der Waals surface area contributed by atoms with Gasteiger partial charge in [-0.25, -0.2) is 4.57 Å². The number of hydrogen-bond acceptors (Lipinski definition) is 9. The summed E-state index contributed by atoms with van der Waals surface area (Å²) in [4.78, 5) is 9.99. The van der Waals surface area contributed by atoms with E-state index in [9.17, 15) is 9.46 Å². The van der Waals surface area contributed by atoms with Crippen LogP contribution in [0.15, 0.2) is 118 Å². The average Bonchev–Trinajstić information content (AvgIpc) is 3.21. The lowest BCUT2D eigenvalue weighted by Crippen LogP contribution is -2.01. The summed E-state index contributed by atoms with van der Waals surface area (Å²) in [6.45, 7) is 5.95. The fourth-order valence-electron chi connectivity index (χ4n) is 5.56. The number of ether oxygens (including phenoxy) is 2. The fraction of sp³-hybridized carbons (Fsp3) is 0.455. The molecule has 0 heterocycles. The van der Waals surface area contributed by atoms with Gasteiger partial charge in [0.1, 0.15) is 11.5 Å². The molecule has 0 spiro atoms. The molecule has 0 aromatic heterocycles. The van der Waals surface area contributed by atoms with Crippen LogP contribution in [0.4, 0.5) is 22.7 Å². The molecule has 4 aromatic rings. The monoisotopic (exact) mass is 770 g/mol. The number of phosphoric ester groups is 1. The Hall–Kier alpha value is -4.21. The number of benzene rings is 4. The molecule has 0 aliphatic heterocycles. The minimum atomic E-state index is -4.04. The standard InChI is InChI=1S/C44H59N4O6P/c1-3-5-15-37-17-21-39(22-18-37)45-47-41-25-29-43(30-26-41)51-33-11-7-9-13-35-53-55(49,50)54-36-14-10-8-12-34-52-44-31-27-42(28-32-44)48-46-40-23-19-38(20-24-40)16-6-4-2/h17-32H,3-16,33-36H2,1-2H3,(H,49,50). The van der Waals surface area contributed by atoms with Gasteiger partial charge in [-0.05, 0) is 148 Å². The average molecular weight is 771 g/mol. The van der Waals surface area contributed by atoms with Gasteiger partial charge < -0.3 is 14.4 Å². The van der Waals surface area contributed by atoms with Crippen molar-refractivity contribution >= 4 is 30.6 Å². The summed E-state index contributed by atoms with van der Waals surface area (Å²) in [7, 11) is -4.04. The van der Waals surface area contributed by atoms with E-state index in [0.717, 1.165) is 85.6 Å². The molecule has 0 saturated carbocycles. The molecular weight excluding hydrogens is 711 g/mol. The van der Waals surface area contributed by atoms with E-state index in [-0.39, 0.29) is 13.2 Å². The Bertz CT molecular complexity index is 1590. The number of unbranched alkanes of at least 4 members (excludes halogenated alkanes) is 8. The molecule has 10 nitrogen and oxygen atoms in total. The third kappa shape index (κ3) is 18.8. The third-order valence-electron chi connectivity index (χ3n) is 8.87. The van der Waals surface area contributed by atoms with Gasteiger partial charge in [-0.3, -0.25) is 9.05 Å². The molecule has 0 aliphatic rings. The van der Waals surface area contributed by atoms with Crippen LogP contribution in [0, 0.1) is 0 Å². The molecule has 0 amide bonds. The molecule has 0 radical (unpaired) electrons. The maximum atomic E-state index is 12.2. The second kappa shape index (κ2) is 25.8. The van der Waals surface area contributed by atoms with E-state index in [1.165, 1.54) is 36.8 Å². The van der Waals surface area contributed by atoms with Crippen LogP contribution in [0.2, 0.25) is 0 Å². The van der Waals surface area contributed by atoms with Gasteiger partial charge in [0.25, 0.3) is 0 Å². The summed E-state index contributed by atoms with van der Waals surface area (Å²) in [5.41, 5.74) is 5.87. The predicted octanol–water partition coefficient (Wildman–Crippen LogP) is 13.9. The Kier molecular flexibility index (Phi) is 20.4. The zero-order valence-electron chi connectivity index (χ0n) is 32.7. The number of nitrogens with zero attached hydrogens (tertiary/aromatic N) is 4. The summed E-state index contributed by atoms with van der Waals surface area (Å²) >= 11 is 0. The number of phosphoric acid groups is 1. The van der Waals surface area contributed by atoms with E-state index in [1.807, 2.05) is 72.8 Å². The Morgan fingerprint density at radius 1 is 0.436 bits per heavy atom. The summed E-state index contributed by atoms with van der Waals surface area (Å²) in [5.74, 6) is 1.57. The van der Waals surface area contributed by atoms with E-state index in [0.29, 0.717) is 26.1 Å². The molecule has 55 heavy (non-hydrogen) atoms. The van der Waals surface area contributed by atoms with Crippen LogP contribution in [0.25, 0.3) is 0 Å². The lowest BCUT2D eigenvalue weighted by molar-refractivity contribution is 0.144. The van der Waals surface area contributed by atoms with Gasteiger partial charge in [0.05, 0.1) is 49.2 Å². The van der Waals surface area contributed by atoms with Gasteiger partial charge in [-0.2, -0.15) is 20.5 Å². The molecule has 0 bridgehead atoms. The van der Waals surface area contributed by atoms with Crippen molar-refractivity contribution < 1.29 is 28.0 Å². The Balaban J connectivity index is 0.950. The van der Waals surface area contributed by atoms with Crippen molar-refractivity contribution in [2.45, 2.75) is 104 Å². The number of azo groups is 2. The molecule has 4 rings (SSSR count). The largest absolute Gasteiger partial charge is 0.494 e. The first-order chi connectivity index (χ1) is 26.9. The van der Waals surface area contributed by atoms with Crippen molar-refractivity contribution in [3.63, 3.8) is 0 Å². The van der Waals surface area contributed by atoms with E-state index in [4.69, 9.17) is 18.5 Å². The zero-order chi connectivity index (χ0) is 38.8. The Morgan fingerprint density at radius 3 is 1.07 bits per heavy atom. The first-order valence-electron chi connectivity index (χ1n) is 20.0. The van der Waals surface area contributed by atoms with E-state index in [2.05, 4.69) is 58.6 Å². The van der Waals surface area contributed by atoms with Gasteiger partial charge in [0, 0.05) is 0 Å². The maximum Gasteiger partial charge on any atom is 0.472 e. The van der Waals surface area contributed by atoms with Crippen LogP contribution in [0.3, 0.4) is 0 Å². The Labute approximate surface area is 328 Å². The molecule has 0 atom stereocenters. The van der Waals surface area contributed by atoms with Crippen molar-refractivity contribution in [3.8, 4) is 11.5 Å². The highest BCUT2D eigenvalue weighted by molar-refractivity contribution is 7.47. The topological polar surface area (TPSA) is 124 Å². The van der Waals surface area contributed by atoms with Crippen molar-refractivity contribution in [3.05, 3.63) is 108 Å². The Morgan fingerprint density at radius 2 is 0.745 bits per heavy atom. The van der Waals surface area contributed by atoms with E-state index < -0.39 is 7.82 Å². The molecule has 1 N–H and O–H groups in total. The third-order valence-corrected chi connectivity index (χ3v) is 9.89. The molecule has 0 saturated heterocycles. The lowest BCUT2D eigenvalue weighted by Gasteiger charge is -2.12. The van der Waals surface area contributed by atoms with Gasteiger partial charge in [0.15, 0.2) is 0 Å². The summed E-state index contributed by atoms with van der Waals surface area (Å²) in [5, 5.41) is 17.3. The molecule has 0 unspecified atom stereocenters. The first kappa shape index (κ1) is 43.5. The highest BCUT2D eigenvalue weighted by Crippen LogP contribution is 2.43. The highest BCUT2D eigenvalue weighted by atomic mass is 31.2. The number of rotatable bonds is 28. The van der Waals surface area contributed by atoms with Gasteiger partial charge >= 0.3 is 7.82 Å². The fourth-order valence-corrected chi connectivity index (χ4v) is 6.36. The minimum absolute atomic E-state index is 0.182. The minimum Gasteiger partial charge on any atom is -0.494 e. The second-order valence-electron chi connectivity index (χ2n) is 13.6. The number of hydrogen-bond donors (Lipinski definition) is 1. The highest BCUT2D eigenvalue weighted by Gasteiger charge is 2.20. The molecular formula is C44H59N4O6P. The maximum absolute atomic E-state index is 12.2. The summed E-state index contributed by atoms with van der Waals surface area (Å²) in [6, 6.07) is 31.6. The van der Waals surface area contributed by atoms with Crippen molar-refractivity contribution in [1.82, 2.24) is 0 Å². The van der Waals surface area contributed by atoms with Crippen LogP contribution in [0.5, 0.6) is 11.5 Å². The van der Waals surface area contributed by atoms with Gasteiger partial charge in [-0.15, -0.1) is 0 Å². The predicted molar refractivity (Wildman–Crippen MR) is 221 cm³/mol. The lowest BCUT2D eigenvalue weighted by atomic mass is 10.1. The molecule has 11 heteroatoms. The molecule has 0 aliphatic carbocycles. The SMILES string of the molecule is CCCCc1ccc(N=Nc2ccc(OCCCCCCOP(=O)(O)OCCCCCCOc3ccc(N=Nc4ccc(CCCC)cc4)cc3)cc2)cc1. The number of aryl methyl sites for hydroxylation is 2. The van der Waals surface area contributed by atoms with Gasteiger partial charge in [0.2, 0.25) is 0 Å². The van der Waals surface area contributed by atoms with E-state index >= 15 is 0 Å². The van der Waals surface area contributed by atoms with Crippen molar-refractivity contribution in [2.24, 2.45) is 20.5 Å². The normalized spacial score (nSPS) is 12.7. The second-order valence-corrected chi connectivity index (χ2v) is 15.0. The molecule has 0 fully saturated rings. The van der Waals surface area contributed by atoms with Crippen molar-refractivity contribution in [2.75, 3.05) is 26.4 Å². The van der Waals surface area contributed by atoms with E-state index in [1.54, 1.807) is 0 Å². The van der Waals surface area contributed by atoms with Crippen LogP contribution in [-0.4, -0.2) is 31.3 Å². The zero-order valence-corrected chi connectivity index (χ0v) is 33.6. The summed E-state index contributed by atoms with van der Waals surface area (Å²) in [6.07, 6.45) is 13.7.